The number of carbonyl (C=O) groups is 1. The number of nitrogens with zero attached hydrogens (tertiary/aromatic N) is 2. The lowest BCUT2D eigenvalue weighted by atomic mass is 10.3. The van der Waals surface area contributed by atoms with Gasteiger partial charge in [0, 0.05) is 11.6 Å². The molecule has 0 amide bonds. The Kier molecular flexibility index (Phi) is 7.52. The van der Waals surface area contributed by atoms with E-state index in [0.29, 0.717) is 5.75 Å². The fraction of sp³-hybridized carbons (Fsp3) is 0. The molecule has 0 radical (unpaired) electrons. The highest BCUT2D eigenvalue weighted by atomic mass is 35.5. The molecule has 0 aliphatic carbocycles. The Hall–Kier alpha value is -1.95. The average Bonchev–Trinajstić information content (AvgIpc) is 2.20. The van der Waals surface area contributed by atoms with Crippen LogP contribution in [0.1, 0.15) is 0 Å². The van der Waals surface area contributed by atoms with E-state index < -0.39 is 5.43 Å². The van der Waals surface area contributed by atoms with Crippen LogP contribution in [0.4, 0.5) is 4.79 Å². The Morgan fingerprint density at radius 2 is 2.07 bits per heavy atom. The third-order valence-corrected chi connectivity index (χ3v) is 1.14. The SMILES string of the molecule is N=NC=NN.O=C(Cl)Oc1ccccc1. The highest BCUT2D eigenvalue weighted by Gasteiger charge is 1.95. The minimum absolute atomic E-state index is 0.461. The molecular formula is C8H9ClN4O2. The number of nitrogens with one attached hydrogen (secondary N) is 1. The fourth-order valence-corrected chi connectivity index (χ4v) is 0.704. The summed E-state index contributed by atoms with van der Waals surface area (Å²) in [7, 11) is 0. The number of ether oxygens (including phenoxy) is 1. The van der Waals surface area contributed by atoms with E-state index in [2.05, 4.69) is 20.8 Å². The molecule has 0 bridgehead atoms. The summed E-state index contributed by atoms with van der Waals surface area (Å²) in [4.78, 5) is 10.2. The number of hydrogen-bond acceptors (Lipinski definition) is 5. The summed E-state index contributed by atoms with van der Waals surface area (Å²) in [5.74, 6) is 4.96. The van der Waals surface area contributed by atoms with E-state index in [1.54, 1.807) is 24.3 Å². The summed E-state index contributed by atoms with van der Waals surface area (Å²) in [6, 6.07) is 8.65. The zero-order chi connectivity index (χ0) is 11.5. The molecule has 0 spiro atoms. The van der Waals surface area contributed by atoms with Gasteiger partial charge in [0.15, 0.2) is 6.34 Å². The number of benzene rings is 1. The van der Waals surface area contributed by atoms with Crippen LogP contribution in [0.3, 0.4) is 0 Å². The first-order valence-electron chi connectivity index (χ1n) is 3.71. The molecule has 0 saturated carbocycles. The molecule has 0 saturated heterocycles. The van der Waals surface area contributed by atoms with Crippen LogP contribution >= 0.6 is 11.6 Å². The lowest BCUT2D eigenvalue weighted by Crippen LogP contribution is -1.94. The van der Waals surface area contributed by atoms with Crippen molar-refractivity contribution in [1.29, 1.82) is 5.53 Å². The van der Waals surface area contributed by atoms with Gasteiger partial charge in [-0.1, -0.05) is 18.2 Å². The number of rotatable bonds is 2. The molecule has 1 rings (SSSR count). The van der Waals surface area contributed by atoms with E-state index in [1.165, 1.54) is 0 Å². The monoisotopic (exact) mass is 228 g/mol. The van der Waals surface area contributed by atoms with Gasteiger partial charge in [-0.05, 0) is 12.1 Å². The lowest BCUT2D eigenvalue weighted by molar-refractivity contribution is 0.225. The van der Waals surface area contributed by atoms with Gasteiger partial charge in [0.1, 0.15) is 5.75 Å². The number of halogens is 1. The van der Waals surface area contributed by atoms with Crippen molar-refractivity contribution in [2.75, 3.05) is 0 Å². The van der Waals surface area contributed by atoms with Gasteiger partial charge < -0.3 is 10.6 Å². The molecule has 7 heteroatoms. The molecule has 0 unspecified atom stereocenters. The van der Waals surface area contributed by atoms with Crippen LogP contribution in [0.15, 0.2) is 40.5 Å². The molecule has 0 aliphatic heterocycles. The lowest BCUT2D eigenvalue weighted by Gasteiger charge is -1.95. The Morgan fingerprint density at radius 3 is 2.40 bits per heavy atom. The van der Waals surface area contributed by atoms with E-state index in [4.69, 9.17) is 17.1 Å². The van der Waals surface area contributed by atoms with Gasteiger partial charge in [0.25, 0.3) is 0 Å². The summed E-state index contributed by atoms with van der Waals surface area (Å²) < 4.78 is 4.54. The van der Waals surface area contributed by atoms with Crippen molar-refractivity contribution in [3.8, 4) is 5.75 Å². The number of para-hydroxylation sites is 1. The third-order valence-electron chi connectivity index (χ3n) is 1.07. The molecule has 1 aromatic carbocycles. The molecular weight excluding hydrogens is 220 g/mol. The highest BCUT2D eigenvalue weighted by molar-refractivity contribution is 6.61. The Labute approximate surface area is 91.2 Å². The van der Waals surface area contributed by atoms with Crippen LogP contribution in [-0.4, -0.2) is 11.8 Å². The minimum atomic E-state index is -0.814. The van der Waals surface area contributed by atoms with E-state index in [9.17, 15) is 4.79 Å². The van der Waals surface area contributed by atoms with Gasteiger partial charge in [0.05, 0.1) is 0 Å². The first-order valence-corrected chi connectivity index (χ1v) is 4.09. The van der Waals surface area contributed by atoms with Crippen molar-refractivity contribution in [2.24, 2.45) is 16.1 Å². The normalized spacial score (nSPS) is 8.87. The summed E-state index contributed by atoms with van der Waals surface area (Å²) in [5.41, 5.74) is 5.18. The smallest absolute Gasteiger partial charge is 0.409 e. The molecule has 0 fully saturated rings. The summed E-state index contributed by atoms with van der Waals surface area (Å²) >= 11 is 4.95. The number of carbonyl (C=O) groups excluding carboxylic acids is 1. The van der Waals surface area contributed by atoms with Crippen molar-refractivity contribution >= 4 is 23.4 Å². The maximum Gasteiger partial charge on any atom is 0.409 e. The standard InChI is InChI=1S/C7H5ClO2.CH4N4/c8-7(9)10-6-4-2-1-3-5-6;2-4-1-5-3/h1-5H;1-2H,3H2. The molecule has 15 heavy (non-hydrogen) atoms. The van der Waals surface area contributed by atoms with Gasteiger partial charge in [-0.15, -0.1) is 5.11 Å². The molecule has 0 heterocycles. The number of hydrogen-bond donors (Lipinski definition) is 2. The molecule has 0 atom stereocenters. The van der Waals surface area contributed by atoms with Gasteiger partial charge >= 0.3 is 5.43 Å². The van der Waals surface area contributed by atoms with Crippen molar-refractivity contribution in [1.82, 2.24) is 0 Å². The predicted molar refractivity (Wildman–Crippen MR) is 56.1 cm³/mol. The number of hydrazone groups is 1. The van der Waals surface area contributed by atoms with Crippen LogP contribution in [0, 0.1) is 5.53 Å². The third kappa shape index (κ3) is 8.38. The maximum atomic E-state index is 10.2. The van der Waals surface area contributed by atoms with E-state index in [1.807, 2.05) is 6.07 Å². The van der Waals surface area contributed by atoms with E-state index in [0.717, 1.165) is 6.34 Å². The largest absolute Gasteiger partial charge is 0.415 e. The Bertz CT molecular complexity index is 329. The summed E-state index contributed by atoms with van der Waals surface area (Å²) in [6.07, 6.45) is 0.944. The predicted octanol–water partition coefficient (Wildman–Crippen LogP) is 2.34. The van der Waals surface area contributed by atoms with Gasteiger partial charge in [-0.3, -0.25) is 0 Å². The zero-order valence-corrected chi connectivity index (χ0v) is 8.39. The van der Waals surface area contributed by atoms with Crippen molar-refractivity contribution < 1.29 is 9.53 Å². The Morgan fingerprint density at radius 1 is 1.47 bits per heavy atom. The molecule has 0 aromatic heterocycles. The second-order valence-corrected chi connectivity index (χ2v) is 2.35. The zero-order valence-electron chi connectivity index (χ0n) is 7.63. The van der Waals surface area contributed by atoms with Crippen LogP contribution in [0.25, 0.3) is 0 Å². The Balaban J connectivity index is 0.000000336. The van der Waals surface area contributed by atoms with Crippen molar-refractivity contribution in [3.05, 3.63) is 30.3 Å². The van der Waals surface area contributed by atoms with E-state index >= 15 is 0 Å². The van der Waals surface area contributed by atoms with Gasteiger partial charge in [-0.25, -0.2) is 10.3 Å². The van der Waals surface area contributed by atoms with Crippen molar-refractivity contribution in [2.45, 2.75) is 0 Å². The van der Waals surface area contributed by atoms with Crippen LogP contribution < -0.4 is 10.6 Å². The second-order valence-electron chi connectivity index (χ2n) is 2.05. The maximum absolute atomic E-state index is 10.2. The van der Waals surface area contributed by atoms with Crippen molar-refractivity contribution in [3.63, 3.8) is 0 Å². The van der Waals surface area contributed by atoms with Crippen LogP contribution in [-0.2, 0) is 0 Å². The number of nitrogens with two attached hydrogens (primary N) is 1. The average molecular weight is 229 g/mol. The van der Waals surface area contributed by atoms with Gasteiger partial charge in [-0.2, -0.15) is 5.10 Å². The van der Waals surface area contributed by atoms with Gasteiger partial charge in [0.2, 0.25) is 0 Å². The first-order chi connectivity index (χ1) is 7.20. The molecule has 0 aliphatic rings. The van der Waals surface area contributed by atoms with Crippen LogP contribution in [0.5, 0.6) is 5.75 Å². The first kappa shape index (κ1) is 13.1. The highest BCUT2D eigenvalue weighted by Crippen LogP contribution is 2.09. The summed E-state index contributed by atoms with van der Waals surface area (Å²) in [6.45, 7) is 0. The van der Waals surface area contributed by atoms with E-state index in [-0.39, 0.29) is 0 Å². The minimum Gasteiger partial charge on any atom is -0.415 e. The fourth-order valence-electron chi connectivity index (χ4n) is 0.615. The quantitative estimate of drug-likeness (QED) is 0.203. The molecule has 3 N–H and O–H groups in total. The molecule has 6 nitrogen and oxygen atoms in total. The molecule has 1 aromatic rings. The summed E-state index contributed by atoms with van der Waals surface area (Å²) in [5, 5.41) is 5.56. The van der Waals surface area contributed by atoms with Crippen LogP contribution in [0.2, 0.25) is 0 Å². The molecule has 80 valence electrons. The topological polar surface area (TPSA) is 101 Å². The second kappa shape index (κ2) is 8.64.